The number of benzene rings is 1. The first-order chi connectivity index (χ1) is 9.93. The van der Waals surface area contributed by atoms with Gasteiger partial charge in [0.2, 0.25) is 0 Å². The van der Waals surface area contributed by atoms with Gasteiger partial charge in [0.1, 0.15) is 11.5 Å². The number of nitrogen functional groups attached to an aromatic ring is 1. The number of carbonyl (C=O) groups excluding carboxylic acids is 1. The molecule has 0 unspecified atom stereocenters. The molecule has 0 bridgehead atoms. The van der Waals surface area contributed by atoms with Crippen LogP contribution < -0.4 is 21.1 Å². The molecule has 0 aliphatic carbocycles. The summed E-state index contributed by atoms with van der Waals surface area (Å²) in [5, 5.41) is 15.9. The van der Waals surface area contributed by atoms with Crippen LogP contribution in [0.3, 0.4) is 0 Å². The molecule has 1 heterocycles. The Bertz CT molecular complexity index is 527. The third-order valence-electron chi connectivity index (χ3n) is 3.80. The topological polar surface area (TPSA) is 96.6 Å². The second-order valence-electron chi connectivity index (χ2n) is 5.63. The van der Waals surface area contributed by atoms with Crippen LogP contribution in [0.2, 0.25) is 0 Å². The van der Waals surface area contributed by atoms with Crippen LogP contribution in [0.25, 0.3) is 0 Å². The summed E-state index contributed by atoms with van der Waals surface area (Å²) in [6, 6.07) is 2.90. The Kier molecular flexibility index (Phi) is 4.54. The molecule has 1 amide bonds. The van der Waals surface area contributed by atoms with Crippen molar-refractivity contribution in [3.8, 4) is 11.5 Å². The first-order valence-electron chi connectivity index (χ1n) is 6.94. The maximum Gasteiger partial charge on any atom is 0.279 e. The van der Waals surface area contributed by atoms with Crippen molar-refractivity contribution < 1.29 is 19.1 Å². The average molecular weight is 295 g/mol. The van der Waals surface area contributed by atoms with Crippen LogP contribution in [0.1, 0.15) is 0 Å². The molecule has 1 aromatic rings. The summed E-state index contributed by atoms with van der Waals surface area (Å²) in [5.41, 5.74) is 6.33. The Hall–Kier alpha value is -1.99. The van der Waals surface area contributed by atoms with Crippen LogP contribution in [0.5, 0.6) is 11.5 Å². The van der Waals surface area contributed by atoms with E-state index < -0.39 is 0 Å². The van der Waals surface area contributed by atoms with E-state index in [9.17, 15) is 9.90 Å². The SMILES string of the molecule is COc1cc(NC(=O)C[N+]2(C)CCNCC2)c(O)cc1N. The predicted molar refractivity (Wildman–Crippen MR) is 81.4 cm³/mol. The van der Waals surface area contributed by atoms with E-state index in [1.54, 1.807) is 0 Å². The summed E-state index contributed by atoms with van der Waals surface area (Å²) in [7, 11) is 3.55. The molecule has 7 nitrogen and oxygen atoms in total. The lowest BCUT2D eigenvalue weighted by molar-refractivity contribution is -0.903. The summed E-state index contributed by atoms with van der Waals surface area (Å²) < 4.78 is 5.78. The lowest BCUT2D eigenvalue weighted by Gasteiger charge is -2.37. The molecule has 0 spiro atoms. The number of likely N-dealkylation sites (N-methyl/N-ethyl adjacent to an activating group) is 1. The molecule has 1 aliphatic heterocycles. The van der Waals surface area contributed by atoms with E-state index in [0.29, 0.717) is 28.2 Å². The molecule has 1 saturated heterocycles. The monoisotopic (exact) mass is 295 g/mol. The number of quaternary nitrogens is 1. The van der Waals surface area contributed by atoms with Crippen LogP contribution in [-0.2, 0) is 4.79 Å². The van der Waals surface area contributed by atoms with Crippen molar-refractivity contribution in [2.45, 2.75) is 0 Å². The maximum atomic E-state index is 12.2. The highest BCUT2D eigenvalue weighted by Gasteiger charge is 2.27. The highest BCUT2D eigenvalue weighted by atomic mass is 16.5. The molecule has 2 rings (SSSR count). The van der Waals surface area contributed by atoms with Crippen molar-refractivity contribution in [3.05, 3.63) is 12.1 Å². The van der Waals surface area contributed by atoms with Gasteiger partial charge < -0.3 is 30.7 Å². The summed E-state index contributed by atoms with van der Waals surface area (Å²) in [5.74, 6) is 0.219. The van der Waals surface area contributed by atoms with Gasteiger partial charge in [0.05, 0.1) is 38.6 Å². The number of anilines is 2. The number of piperazine rings is 1. The van der Waals surface area contributed by atoms with E-state index in [0.717, 1.165) is 26.2 Å². The lowest BCUT2D eigenvalue weighted by Crippen LogP contribution is -2.58. The van der Waals surface area contributed by atoms with Gasteiger partial charge in [-0.2, -0.15) is 0 Å². The fourth-order valence-electron chi connectivity index (χ4n) is 2.49. The number of amides is 1. The first kappa shape index (κ1) is 15.4. The zero-order valence-electron chi connectivity index (χ0n) is 12.5. The number of nitrogens with zero attached hydrogens (tertiary/aromatic N) is 1. The van der Waals surface area contributed by atoms with Crippen molar-refractivity contribution in [1.82, 2.24) is 5.32 Å². The number of ether oxygens (including phenoxy) is 1. The zero-order chi connectivity index (χ0) is 15.5. The van der Waals surface area contributed by atoms with Crippen LogP contribution >= 0.6 is 0 Å². The fraction of sp³-hybridized carbons (Fsp3) is 0.500. The van der Waals surface area contributed by atoms with Crippen molar-refractivity contribution in [2.24, 2.45) is 0 Å². The molecule has 21 heavy (non-hydrogen) atoms. The molecular formula is C14H23N4O3+. The van der Waals surface area contributed by atoms with Crippen LogP contribution in [0.15, 0.2) is 12.1 Å². The van der Waals surface area contributed by atoms with Crippen molar-refractivity contribution >= 4 is 17.3 Å². The largest absolute Gasteiger partial charge is 0.506 e. The number of hydrogen-bond acceptors (Lipinski definition) is 5. The number of methoxy groups -OCH3 is 1. The van der Waals surface area contributed by atoms with E-state index >= 15 is 0 Å². The van der Waals surface area contributed by atoms with Gasteiger partial charge in [0, 0.05) is 25.2 Å². The highest BCUT2D eigenvalue weighted by molar-refractivity contribution is 5.94. The average Bonchev–Trinajstić information content (AvgIpc) is 2.42. The number of rotatable bonds is 4. The van der Waals surface area contributed by atoms with Gasteiger partial charge in [0.25, 0.3) is 5.91 Å². The number of nitrogens with two attached hydrogens (primary N) is 1. The Morgan fingerprint density at radius 1 is 1.48 bits per heavy atom. The third-order valence-corrected chi connectivity index (χ3v) is 3.80. The molecule has 1 aromatic carbocycles. The Morgan fingerprint density at radius 2 is 2.14 bits per heavy atom. The van der Waals surface area contributed by atoms with Crippen molar-refractivity contribution in [2.75, 3.05) is 57.9 Å². The van der Waals surface area contributed by atoms with Gasteiger partial charge >= 0.3 is 0 Å². The van der Waals surface area contributed by atoms with E-state index in [1.165, 1.54) is 19.2 Å². The zero-order valence-corrected chi connectivity index (χ0v) is 12.5. The third kappa shape index (κ3) is 3.77. The quantitative estimate of drug-likeness (QED) is 0.355. The van der Waals surface area contributed by atoms with Crippen LogP contribution in [0.4, 0.5) is 11.4 Å². The lowest BCUT2D eigenvalue weighted by atomic mass is 10.2. The standard InChI is InChI=1S/C14H22N4O3/c1-18(5-3-16-4-6-18)9-14(20)17-11-8-13(21-2)10(15)7-12(11)19/h7-8,16H,3-6,9,15H2,1-2H3,(H-,17,19,20)/p+1. The molecule has 0 aromatic heterocycles. The second-order valence-corrected chi connectivity index (χ2v) is 5.63. The molecule has 0 atom stereocenters. The molecule has 7 heteroatoms. The molecule has 0 saturated carbocycles. The Labute approximate surface area is 124 Å². The van der Waals surface area contributed by atoms with Gasteiger partial charge in [-0.05, 0) is 0 Å². The first-order valence-corrected chi connectivity index (χ1v) is 6.94. The number of phenols is 1. The van der Waals surface area contributed by atoms with Gasteiger partial charge in [-0.3, -0.25) is 4.79 Å². The predicted octanol–water partition coefficient (Wildman–Crippen LogP) is -0.0287. The van der Waals surface area contributed by atoms with Crippen LogP contribution in [-0.4, -0.2) is 62.4 Å². The Morgan fingerprint density at radius 3 is 2.76 bits per heavy atom. The van der Waals surface area contributed by atoms with E-state index in [1.807, 2.05) is 0 Å². The van der Waals surface area contributed by atoms with E-state index in [4.69, 9.17) is 10.5 Å². The summed E-state index contributed by atoms with van der Waals surface area (Å²) >= 11 is 0. The van der Waals surface area contributed by atoms with Gasteiger partial charge in [0.15, 0.2) is 6.54 Å². The summed E-state index contributed by atoms with van der Waals surface area (Å²) in [4.78, 5) is 12.2. The summed E-state index contributed by atoms with van der Waals surface area (Å²) in [6.45, 7) is 4.00. The normalized spacial score (nSPS) is 17.2. The minimum atomic E-state index is -0.137. The van der Waals surface area contributed by atoms with Crippen molar-refractivity contribution in [1.29, 1.82) is 0 Å². The van der Waals surface area contributed by atoms with Crippen molar-refractivity contribution in [3.63, 3.8) is 0 Å². The highest BCUT2D eigenvalue weighted by Crippen LogP contribution is 2.33. The Balaban J connectivity index is 2.05. The van der Waals surface area contributed by atoms with Gasteiger partial charge in [-0.25, -0.2) is 0 Å². The molecule has 5 N–H and O–H groups in total. The second kappa shape index (κ2) is 6.19. The maximum absolute atomic E-state index is 12.2. The van der Waals surface area contributed by atoms with E-state index in [-0.39, 0.29) is 11.7 Å². The molecule has 1 aliphatic rings. The molecule has 0 radical (unpaired) electrons. The fourth-order valence-corrected chi connectivity index (χ4v) is 2.49. The summed E-state index contributed by atoms with van der Waals surface area (Å²) in [6.07, 6.45) is 0. The number of carbonyl (C=O) groups is 1. The molecular weight excluding hydrogens is 272 g/mol. The van der Waals surface area contributed by atoms with Gasteiger partial charge in [-0.1, -0.05) is 0 Å². The minimum Gasteiger partial charge on any atom is -0.506 e. The van der Waals surface area contributed by atoms with Crippen LogP contribution in [0, 0.1) is 0 Å². The smallest absolute Gasteiger partial charge is 0.279 e. The number of nitrogens with one attached hydrogen (secondary N) is 2. The molecule has 116 valence electrons. The number of aromatic hydroxyl groups is 1. The minimum absolute atomic E-state index is 0.0652. The van der Waals surface area contributed by atoms with Gasteiger partial charge in [-0.15, -0.1) is 0 Å². The number of phenolic OH excluding ortho intramolecular Hbond substituents is 1. The number of hydrogen-bond donors (Lipinski definition) is 4. The molecule has 1 fully saturated rings. The van der Waals surface area contributed by atoms with E-state index in [2.05, 4.69) is 17.7 Å².